The Morgan fingerprint density at radius 3 is 2.41 bits per heavy atom. The summed E-state index contributed by atoms with van der Waals surface area (Å²) < 4.78 is 0. The molecule has 3 saturated carbocycles. The van der Waals surface area contributed by atoms with Crippen molar-refractivity contribution < 1.29 is 24.6 Å². The van der Waals surface area contributed by atoms with Crippen molar-refractivity contribution >= 4 is 17.5 Å². The fraction of sp³-hybridized carbons (Fsp3) is 0.864. The van der Waals surface area contributed by atoms with Gasteiger partial charge in [0, 0.05) is 24.3 Å². The molecule has 0 aromatic rings. The summed E-state index contributed by atoms with van der Waals surface area (Å²) in [5.41, 5.74) is 0.725. The number of hydrogen-bond donors (Lipinski definition) is 2. The smallest absolute Gasteiger partial charge is 0.233 e. The lowest BCUT2D eigenvalue weighted by Gasteiger charge is -2.45. The largest absolute Gasteiger partial charge is 0.396 e. The molecule has 4 rings (SSSR count). The molecule has 0 spiro atoms. The van der Waals surface area contributed by atoms with Gasteiger partial charge in [0.05, 0.1) is 29.8 Å². The summed E-state index contributed by atoms with van der Waals surface area (Å²) in [7, 11) is 0. The van der Waals surface area contributed by atoms with E-state index in [0.717, 1.165) is 37.8 Å². The van der Waals surface area contributed by atoms with Crippen LogP contribution >= 0.6 is 0 Å². The predicted octanol–water partition coefficient (Wildman–Crippen LogP) is 2.10. The SMILES string of the molecule is CC(C)CO/N=C1\C[C@@H](O)[C@@H](O)[C@@H]2[C@@H]3C(=O)N(C4CCCCC4)C(=O)[C@@H]3CC[C@H]12. The van der Waals surface area contributed by atoms with Crippen molar-refractivity contribution in [2.45, 2.75) is 83.5 Å². The van der Waals surface area contributed by atoms with Crippen LogP contribution in [0, 0.1) is 29.6 Å². The highest BCUT2D eigenvalue weighted by Crippen LogP contribution is 2.50. The fourth-order valence-corrected chi connectivity index (χ4v) is 5.97. The molecule has 4 fully saturated rings. The molecule has 29 heavy (non-hydrogen) atoms. The summed E-state index contributed by atoms with van der Waals surface area (Å²) in [4.78, 5) is 33.6. The third-order valence-corrected chi connectivity index (χ3v) is 7.34. The Balaban J connectivity index is 1.59. The molecule has 6 atom stereocenters. The van der Waals surface area contributed by atoms with Crippen molar-refractivity contribution in [3.63, 3.8) is 0 Å². The summed E-state index contributed by atoms with van der Waals surface area (Å²) in [6, 6.07) is 0.000898. The Labute approximate surface area is 172 Å². The molecule has 0 unspecified atom stereocenters. The van der Waals surface area contributed by atoms with Gasteiger partial charge in [-0.2, -0.15) is 0 Å². The average Bonchev–Trinajstić information content (AvgIpc) is 2.96. The molecule has 2 N–H and O–H groups in total. The molecular formula is C22H34N2O5. The Morgan fingerprint density at radius 1 is 1.03 bits per heavy atom. The van der Waals surface area contributed by atoms with Gasteiger partial charge in [-0.25, -0.2) is 0 Å². The minimum atomic E-state index is -1.01. The number of aliphatic hydroxyl groups excluding tert-OH is 2. The summed E-state index contributed by atoms with van der Waals surface area (Å²) in [6.07, 6.45) is 4.60. The zero-order chi connectivity index (χ0) is 20.7. The van der Waals surface area contributed by atoms with Crippen LogP contribution < -0.4 is 0 Å². The van der Waals surface area contributed by atoms with Gasteiger partial charge in [-0.05, 0) is 31.6 Å². The minimum absolute atomic E-state index is 0.000898. The number of likely N-dealkylation sites (tertiary alicyclic amines) is 1. The van der Waals surface area contributed by atoms with Crippen LogP contribution in [-0.4, -0.2) is 57.5 Å². The van der Waals surface area contributed by atoms with Gasteiger partial charge in [-0.1, -0.05) is 38.3 Å². The second kappa shape index (κ2) is 8.34. The number of rotatable bonds is 4. The normalized spacial score (nSPS) is 39.8. The van der Waals surface area contributed by atoms with Crippen LogP contribution in [0.1, 0.15) is 65.2 Å². The maximum atomic E-state index is 13.4. The molecule has 162 valence electrons. The first kappa shape index (κ1) is 20.8. The zero-order valence-electron chi connectivity index (χ0n) is 17.5. The van der Waals surface area contributed by atoms with E-state index in [4.69, 9.17) is 4.84 Å². The van der Waals surface area contributed by atoms with Crippen LogP contribution in [0.4, 0.5) is 0 Å². The molecule has 0 aromatic carbocycles. The van der Waals surface area contributed by atoms with Gasteiger partial charge in [0.25, 0.3) is 0 Å². The van der Waals surface area contributed by atoms with Crippen LogP contribution in [0.15, 0.2) is 5.16 Å². The van der Waals surface area contributed by atoms with Gasteiger partial charge in [0.15, 0.2) is 0 Å². The van der Waals surface area contributed by atoms with Crippen molar-refractivity contribution in [2.75, 3.05) is 6.61 Å². The zero-order valence-corrected chi connectivity index (χ0v) is 17.5. The van der Waals surface area contributed by atoms with Crippen LogP contribution in [-0.2, 0) is 14.4 Å². The standard InChI is InChI=1S/C22H34N2O5/c1-12(2)11-29-23-16-10-17(25)20(26)18-14(16)8-9-15-19(18)22(28)24(21(15)27)13-6-4-3-5-7-13/h12-15,17-20,25-26H,3-11H2,1-2H3/b23-16+/t14-,15-,17-,18+,19-,20-/m1/s1. The second-order valence-electron chi connectivity index (χ2n) is 9.77. The highest BCUT2D eigenvalue weighted by Gasteiger charge is 2.60. The monoisotopic (exact) mass is 406 g/mol. The lowest BCUT2D eigenvalue weighted by Crippen LogP contribution is -2.54. The van der Waals surface area contributed by atoms with Crippen LogP contribution in [0.3, 0.4) is 0 Å². The number of amides is 2. The predicted molar refractivity (Wildman–Crippen MR) is 107 cm³/mol. The van der Waals surface area contributed by atoms with Gasteiger partial charge in [-0.15, -0.1) is 0 Å². The average molecular weight is 407 g/mol. The minimum Gasteiger partial charge on any atom is -0.396 e. The van der Waals surface area contributed by atoms with E-state index in [1.165, 1.54) is 4.90 Å². The molecule has 1 aliphatic heterocycles. The number of imide groups is 1. The van der Waals surface area contributed by atoms with Crippen molar-refractivity contribution in [3.8, 4) is 0 Å². The first-order valence-corrected chi connectivity index (χ1v) is 11.3. The molecule has 0 aromatic heterocycles. The molecule has 1 saturated heterocycles. The molecule has 1 heterocycles. The Hall–Kier alpha value is -1.47. The molecule has 3 aliphatic carbocycles. The number of aliphatic hydroxyl groups is 2. The second-order valence-corrected chi connectivity index (χ2v) is 9.77. The lowest BCUT2D eigenvalue weighted by atomic mass is 9.60. The molecule has 7 nitrogen and oxygen atoms in total. The lowest BCUT2D eigenvalue weighted by molar-refractivity contribution is -0.145. The third kappa shape index (κ3) is 3.72. The van der Waals surface area contributed by atoms with E-state index in [2.05, 4.69) is 5.16 Å². The van der Waals surface area contributed by atoms with Crippen molar-refractivity contribution in [1.29, 1.82) is 0 Å². The van der Waals surface area contributed by atoms with Crippen molar-refractivity contribution in [2.24, 2.45) is 34.7 Å². The number of hydrogen-bond acceptors (Lipinski definition) is 6. The molecular weight excluding hydrogens is 372 g/mol. The Kier molecular flexibility index (Phi) is 5.98. The van der Waals surface area contributed by atoms with E-state index in [9.17, 15) is 19.8 Å². The molecule has 7 heteroatoms. The Morgan fingerprint density at radius 2 is 1.72 bits per heavy atom. The van der Waals surface area contributed by atoms with E-state index in [1.54, 1.807) is 0 Å². The van der Waals surface area contributed by atoms with Crippen molar-refractivity contribution in [3.05, 3.63) is 0 Å². The van der Waals surface area contributed by atoms with Crippen molar-refractivity contribution in [1.82, 2.24) is 4.90 Å². The number of nitrogens with zero attached hydrogens (tertiary/aromatic N) is 2. The van der Waals surface area contributed by atoms with Gasteiger partial charge in [0.1, 0.15) is 6.61 Å². The highest BCUT2D eigenvalue weighted by atomic mass is 16.6. The summed E-state index contributed by atoms with van der Waals surface area (Å²) in [5.74, 6) is -1.38. The molecule has 2 amide bonds. The van der Waals surface area contributed by atoms with E-state index in [1.807, 2.05) is 13.8 Å². The van der Waals surface area contributed by atoms with Gasteiger partial charge in [0.2, 0.25) is 11.8 Å². The first-order chi connectivity index (χ1) is 13.9. The molecule has 4 aliphatic rings. The van der Waals surface area contributed by atoms with E-state index >= 15 is 0 Å². The van der Waals surface area contributed by atoms with Gasteiger partial charge < -0.3 is 15.1 Å². The topological polar surface area (TPSA) is 99.4 Å². The number of fused-ring (bicyclic) bond motifs is 3. The van der Waals surface area contributed by atoms with Gasteiger partial charge >= 0.3 is 0 Å². The summed E-state index contributed by atoms with van der Waals surface area (Å²) >= 11 is 0. The number of carbonyl (C=O) groups excluding carboxylic acids is 2. The molecule has 0 radical (unpaired) electrons. The third-order valence-electron chi connectivity index (χ3n) is 7.34. The van der Waals surface area contributed by atoms with Crippen LogP contribution in [0.25, 0.3) is 0 Å². The Bertz CT molecular complexity index is 672. The maximum absolute atomic E-state index is 13.4. The first-order valence-electron chi connectivity index (χ1n) is 11.3. The van der Waals surface area contributed by atoms with Crippen LogP contribution in [0.2, 0.25) is 0 Å². The van der Waals surface area contributed by atoms with Crippen LogP contribution in [0.5, 0.6) is 0 Å². The summed E-state index contributed by atoms with van der Waals surface area (Å²) in [6.45, 7) is 4.56. The number of carbonyl (C=O) groups is 2. The quantitative estimate of drug-likeness (QED) is 0.550. The maximum Gasteiger partial charge on any atom is 0.233 e. The number of oxime groups is 1. The van der Waals surface area contributed by atoms with E-state index in [-0.39, 0.29) is 36.1 Å². The van der Waals surface area contributed by atoms with E-state index in [0.29, 0.717) is 25.4 Å². The molecule has 0 bridgehead atoms. The fourth-order valence-electron chi connectivity index (χ4n) is 5.97. The summed E-state index contributed by atoms with van der Waals surface area (Å²) in [5, 5.41) is 25.6. The highest BCUT2D eigenvalue weighted by molar-refractivity contribution is 6.06. The van der Waals surface area contributed by atoms with Gasteiger partial charge in [-0.3, -0.25) is 14.5 Å². The van der Waals surface area contributed by atoms with E-state index < -0.39 is 24.0 Å².